The van der Waals surface area contributed by atoms with Crippen LogP contribution in [0.3, 0.4) is 0 Å². The van der Waals surface area contributed by atoms with Crippen molar-refractivity contribution < 1.29 is 4.79 Å². The Labute approximate surface area is 117 Å². The lowest BCUT2D eigenvalue weighted by atomic mass is 9.98. The van der Waals surface area contributed by atoms with Crippen LogP contribution in [0.15, 0.2) is 0 Å². The Morgan fingerprint density at radius 2 is 2.00 bits per heavy atom. The van der Waals surface area contributed by atoms with Crippen LogP contribution < -0.4 is 10.6 Å². The number of carbonyl (C=O) groups is 1. The Balaban J connectivity index is 0.00000162. The lowest BCUT2D eigenvalue weighted by Crippen LogP contribution is -2.46. The molecule has 1 aliphatic heterocycles. The molecular formula is C14H27ClN2O. The predicted molar refractivity (Wildman–Crippen MR) is 77.0 cm³/mol. The van der Waals surface area contributed by atoms with E-state index in [-0.39, 0.29) is 18.3 Å². The van der Waals surface area contributed by atoms with Gasteiger partial charge in [0, 0.05) is 18.5 Å². The van der Waals surface area contributed by atoms with Crippen molar-refractivity contribution in [3.63, 3.8) is 0 Å². The fourth-order valence-electron chi connectivity index (χ4n) is 3.32. The molecule has 2 aliphatic rings. The first-order chi connectivity index (χ1) is 8.13. The van der Waals surface area contributed by atoms with Crippen LogP contribution in [-0.2, 0) is 4.79 Å². The standard InChI is InChI=1S/C14H26N2O.ClH/c1-10-3-4-12(7-10)9-14(17)16-13-5-6-15-11(2)8-13;/h10-13,15H,3-9H2,1-2H3,(H,16,17);1H. The summed E-state index contributed by atoms with van der Waals surface area (Å²) in [5.74, 6) is 1.75. The summed E-state index contributed by atoms with van der Waals surface area (Å²) in [5.41, 5.74) is 0. The van der Waals surface area contributed by atoms with Crippen LogP contribution in [0.2, 0.25) is 0 Å². The maximum absolute atomic E-state index is 11.9. The van der Waals surface area contributed by atoms with Crippen LogP contribution >= 0.6 is 12.4 Å². The first-order valence-corrected chi connectivity index (χ1v) is 7.16. The average Bonchev–Trinajstić information content (AvgIpc) is 2.63. The Bertz CT molecular complexity index is 273. The molecule has 3 nitrogen and oxygen atoms in total. The van der Waals surface area contributed by atoms with Crippen molar-refractivity contribution in [3.8, 4) is 0 Å². The van der Waals surface area contributed by atoms with E-state index in [1.807, 2.05) is 0 Å². The van der Waals surface area contributed by atoms with Gasteiger partial charge in [0.25, 0.3) is 0 Å². The van der Waals surface area contributed by atoms with E-state index >= 15 is 0 Å². The molecule has 4 atom stereocenters. The van der Waals surface area contributed by atoms with Crippen molar-refractivity contribution in [1.82, 2.24) is 10.6 Å². The lowest BCUT2D eigenvalue weighted by Gasteiger charge is -2.29. The second-order valence-corrected chi connectivity index (χ2v) is 6.13. The second kappa shape index (κ2) is 7.34. The fourth-order valence-corrected chi connectivity index (χ4v) is 3.32. The van der Waals surface area contributed by atoms with Crippen LogP contribution in [0, 0.1) is 11.8 Å². The van der Waals surface area contributed by atoms with E-state index in [0.717, 1.165) is 31.7 Å². The topological polar surface area (TPSA) is 41.1 Å². The van der Waals surface area contributed by atoms with Crippen molar-refractivity contribution in [2.24, 2.45) is 11.8 Å². The van der Waals surface area contributed by atoms with Crippen molar-refractivity contribution in [2.75, 3.05) is 6.54 Å². The van der Waals surface area contributed by atoms with E-state index < -0.39 is 0 Å². The number of halogens is 1. The zero-order chi connectivity index (χ0) is 12.3. The van der Waals surface area contributed by atoms with Crippen molar-refractivity contribution in [3.05, 3.63) is 0 Å². The van der Waals surface area contributed by atoms with Gasteiger partial charge in [-0.15, -0.1) is 12.4 Å². The van der Waals surface area contributed by atoms with Gasteiger partial charge in [-0.2, -0.15) is 0 Å². The minimum Gasteiger partial charge on any atom is -0.353 e. The molecule has 1 amide bonds. The Kier molecular flexibility index (Phi) is 6.44. The normalized spacial score (nSPS) is 35.9. The number of piperidine rings is 1. The molecule has 2 N–H and O–H groups in total. The summed E-state index contributed by atoms with van der Waals surface area (Å²) in [6.45, 7) is 5.52. The molecular weight excluding hydrogens is 248 g/mol. The van der Waals surface area contributed by atoms with E-state index in [4.69, 9.17) is 0 Å². The molecule has 2 fully saturated rings. The summed E-state index contributed by atoms with van der Waals surface area (Å²) >= 11 is 0. The fraction of sp³-hybridized carbons (Fsp3) is 0.929. The molecule has 106 valence electrons. The number of hydrogen-bond acceptors (Lipinski definition) is 2. The molecule has 1 saturated heterocycles. The monoisotopic (exact) mass is 274 g/mol. The van der Waals surface area contributed by atoms with Gasteiger partial charge in [-0.05, 0) is 51.0 Å². The summed E-state index contributed by atoms with van der Waals surface area (Å²) < 4.78 is 0. The third-order valence-corrected chi connectivity index (χ3v) is 4.27. The SMILES string of the molecule is CC1CCC(CC(=O)NC2CCNC(C)C2)C1.Cl. The van der Waals surface area contributed by atoms with Gasteiger partial charge >= 0.3 is 0 Å². The van der Waals surface area contributed by atoms with Gasteiger partial charge < -0.3 is 10.6 Å². The summed E-state index contributed by atoms with van der Waals surface area (Å²) in [4.78, 5) is 11.9. The highest BCUT2D eigenvalue weighted by molar-refractivity contribution is 5.85. The largest absolute Gasteiger partial charge is 0.353 e. The van der Waals surface area contributed by atoms with Gasteiger partial charge in [0.15, 0.2) is 0 Å². The quantitative estimate of drug-likeness (QED) is 0.830. The molecule has 0 bridgehead atoms. The highest BCUT2D eigenvalue weighted by Crippen LogP contribution is 2.32. The summed E-state index contributed by atoms with van der Waals surface area (Å²) in [5, 5.41) is 6.62. The molecule has 0 radical (unpaired) electrons. The molecule has 4 heteroatoms. The first-order valence-electron chi connectivity index (χ1n) is 7.16. The molecule has 4 unspecified atom stereocenters. The van der Waals surface area contributed by atoms with E-state index in [2.05, 4.69) is 24.5 Å². The third kappa shape index (κ3) is 4.77. The maximum atomic E-state index is 11.9. The smallest absolute Gasteiger partial charge is 0.220 e. The number of nitrogens with one attached hydrogen (secondary N) is 2. The minimum absolute atomic E-state index is 0. The van der Waals surface area contributed by atoms with Crippen molar-refractivity contribution >= 4 is 18.3 Å². The van der Waals surface area contributed by atoms with E-state index in [9.17, 15) is 4.79 Å². The van der Waals surface area contributed by atoms with Gasteiger partial charge in [0.05, 0.1) is 0 Å². The average molecular weight is 275 g/mol. The second-order valence-electron chi connectivity index (χ2n) is 6.13. The highest BCUT2D eigenvalue weighted by Gasteiger charge is 2.25. The molecule has 1 heterocycles. The number of rotatable bonds is 3. The highest BCUT2D eigenvalue weighted by atomic mass is 35.5. The van der Waals surface area contributed by atoms with Crippen molar-refractivity contribution in [1.29, 1.82) is 0 Å². The van der Waals surface area contributed by atoms with Gasteiger partial charge in [-0.3, -0.25) is 4.79 Å². The van der Waals surface area contributed by atoms with Gasteiger partial charge in [-0.25, -0.2) is 0 Å². The molecule has 0 aromatic rings. The Morgan fingerprint density at radius 1 is 1.22 bits per heavy atom. The molecule has 18 heavy (non-hydrogen) atoms. The van der Waals surface area contributed by atoms with Crippen LogP contribution in [0.4, 0.5) is 0 Å². The predicted octanol–water partition coefficient (Wildman–Crippen LogP) is 2.49. The maximum Gasteiger partial charge on any atom is 0.220 e. The number of hydrogen-bond donors (Lipinski definition) is 2. The molecule has 0 aromatic carbocycles. The van der Waals surface area contributed by atoms with Gasteiger partial charge in [0.1, 0.15) is 0 Å². The zero-order valence-electron chi connectivity index (χ0n) is 11.6. The van der Waals surface area contributed by atoms with Crippen LogP contribution in [-0.4, -0.2) is 24.5 Å². The van der Waals surface area contributed by atoms with Crippen molar-refractivity contribution in [2.45, 2.75) is 64.5 Å². The molecule has 0 aromatic heterocycles. The summed E-state index contributed by atoms with van der Waals surface area (Å²) in [7, 11) is 0. The first kappa shape index (κ1) is 15.8. The van der Waals surface area contributed by atoms with Crippen LogP contribution in [0.25, 0.3) is 0 Å². The summed E-state index contributed by atoms with van der Waals surface area (Å²) in [6, 6.07) is 0.943. The third-order valence-electron chi connectivity index (χ3n) is 4.27. The Hall–Kier alpha value is -0.280. The van der Waals surface area contributed by atoms with Crippen LogP contribution in [0.5, 0.6) is 0 Å². The number of carbonyl (C=O) groups excluding carboxylic acids is 1. The Morgan fingerprint density at radius 3 is 2.61 bits per heavy atom. The number of amides is 1. The van der Waals surface area contributed by atoms with E-state index in [1.54, 1.807) is 0 Å². The molecule has 2 rings (SSSR count). The van der Waals surface area contributed by atoms with E-state index in [0.29, 0.717) is 18.0 Å². The van der Waals surface area contributed by atoms with Gasteiger partial charge in [-0.1, -0.05) is 13.3 Å². The summed E-state index contributed by atoms with van der Waals surface area (Å²) in [6.07, 6.45) is 6.71. The van der Waals surface area contributed by atoms with E-state index in [1.165, 1.54) is 19.3 Å². The van der Waals surface area contributed by atoms with Gasteiger partial charge in [0.2, 0.25) is 5.91 Å². The molecule has 1 aliphatic carbocycles. The zero-order valence-corrected chi connectivity index (χ0v) is 12.4. The minimum atomic E-state index is 0. The molecule has 0 spiro atoms. The lowest BCUT2D eigenvalue weighted by molar-refractivity contribution is -0.122. The van der Waals surface area contributed by atoms with Crippen LogP contribution in [0.1, 0.15) is 52.4 Å². The molecule has 1 saturated carbocycles.